The molecule has 0 saturated carbocycles. The van der Waals surface area contributed by atoms with Gasteiger partial charge in [0.1, 0.15) is 11.8 Å². The van der Waals surface area contributed by atoms with Crippen molar-refractivity contribution >= 4 is 17.0 Å². The number of fused-ring (bicyclic) bond motifs is 1. The molecule has 0 aliphatic carbocycles. The topological polar surface area (TPSA) is 113 Å². The van der Waals surface area contributed by atoms with Gasteiger partial charge in [0.05, 0.1) is 19.5 Å². The molecule has 2 aromatic rings. The predicted octanol–water partition coefficient (Wildman–Crippen LogP) is -1.30. The number of nitrogen functional groups attached to an aromatic ring is 1. The summed E-state index contributed by atoms with van der Waals surface area (Å²) in [6.07, 6.45) is 3.08. The molecule has 0 amide bonds. The Hall–Kier alpha value is -1.77. The van der Waals surface area contributed by atoms with Gasteiger partial charge in [0.2, 0.25) is 0 Å². The molecule has 0 aromatic carbocycles. The lowest BCUT2D eigenvalue weighted by molar-refractivity contribution is 0.157. The monoisotopic (exact) mass is 266 g/mol. The summed E-state index contributed by atoms with van der Waals surface area (Å²) in [6, 6.07) is 0. The van der Waals surface area contributed by atoms with Gasteiger partial charge < -0.3 is 20.5 Å². The van der Waals surface area contributed by atoms with Crippen molar-refractivity contribution in [2.24, 2.45) is 0 Å². The molecule has 8 heteroatoms. The maximum absolute atomic E-state index is 8.95. The highest BCUT2D eigenvalue weighted by molar-refractivity contribution is 5.80. The number of hydrogen-bond acceptors (Lipinski definition) is 7. The molecule has 0 atom stereocenters. The summed E-state index contributed by atoms with van der Waals surface area (Å²) in [4.78, 5) is 14.2. The first-order valence-corrected chi connectivity index (χ1v) is 6.11. The normalized spacial score (nSPS) is 11.5. The van der Waals surface area contributed by atoms with Gasteiger partial charge in [-0.05, 0) is 0 Å². The van der Waals surface area contributed by atoms with Crippen LogP contribution in [0.3, 0.4) is 0 Å². The van der Waals surface area contributed by atoms with Gasteiger partial charge >= 0.3 is 0 Å². The van der Waals surface area contributed by atoms with E-state index in [1.54, 1.807) is 6.33 Å². The van der Waals surface area contributed by atoms with E-state index in [-0.39, 0.29) is 13.2 Å². The summed E-state index contributed by atoms with van der Waals surface area (Å²) < 4.78 is 1.88. The van der Waals surface area contributed by atoms with Crippen LogP contribution in [0.25, 0.3) is 11.2 Å². The maximum atomic E-state index is 8.95. The molecule has 19 heavy (non-hydrogen) atoms. The molecule has 0 aliphatic rings. The molecule has 0 unspecified atom stereocenters. The Morgan fingerprint density at radius 1 is 1.11 bits per heavy atom. The van der Waals surface area contributed by atoms with Crippen molar-refractivity contribution < 1.29 is 10.2 Å². The third-order valence-corrected chi connectivity index (χ3v) is 2.92. The number of aromatic nitrogens is 4. The summed E-state index contributed by atoms with van der Waals surface area (Å²) in [5, 5.41) is 17.9. The molecule has 0 saturated heterocycles. The average molecular weight is 266 g/mol. The molecule has 0 fully saturated rings. The Morgan fingerprint density at radius 2 is 1.84 bits per heavy atom. The number of aliphatic hydroxyl groups excluding tert-OH is 2. The number of aliphatic hydroxyl groups is 2. The molecule has 2 aromatic heterocycles. The van der Waals surface area contributed by atoms with Gasteiger partial charge in [-0.2, -0.15) is 0 Å². The van der Waals surface area contributed by atoms with Crippen LogP contribution in [0.15, 0.2) is 12.7 Å². The second kappa shape index (κ2) is 6.41. The minimum atomic E-state index is 0.0692. The van der Waals surface area contributed by atoms with Crippen molar-refractivity contribution in [2.45, 2.75) is 6.54 Å². The van der Waals surface area contributed by atoms with Crippen LogP contribution in [-0.4, -0.2) is 67.5 Å². The Bertz CT molecular complexity index is 523. The average Bonchev–Trinajstić information content (AvgIpc) is 2.81. The molecule has 0 spiro atoms. The zero-order valence-electron chi connectivity index (χ0n) is 10.6. The van der Waals surface area contributed by atoms with E-state index in [0.717, 1.165) is 0 Å². The third kappa shape index (κ3) is 3.16. The van der Waals surface area contributed by atoms with Crippen molar-refractivity contribution in [3.05, 3.63) is 12.7 Å². The second-order valence-corrected chi connectivity index (χ2v) is 4.16. The first-order valence-electron chi connectivity index (χ1n) is 6.11. The fourth-order valence-electron chi connectivity index (χ4n) is 1.93. The Labute approximate surface area is 110 Å². The highest BCUT2D eigenvalue weighted by atomic mass is 16.3. The van der Waals surface area contributed by atoms with Crippen LogP contribution in [0, 0.1) is 0 Å². The number of nitrogens with zero attached hydrogens (tertiary/aromatic N) is 5. The van der Waals surface area contributed by atoms with Gasteiger partial charge in [0, 0.05) is 26.2 Å². The molecule has 2 rings (SSSR count). The van der Waals surface area contributed by atoms with Gasteiger partial charge in [-0.15, -0.1) is 0 Å². The molecule has 0 bridgehead atoms. The number of nitrogens with two attached hydrogens (primary N) is 1. The Balaban J connectivity index is 2.06. The Kier molecular flexibility index (Phi) is 4.61. The molecule has 8 nitrogen and oxygen atoms in total. The molecule has 0 aliphatic heterocycles. The lowest BCUT2D eigenvalue weighted by Gasteiger charge is -2.20. The van der Waals surface area contributed by atoms with Crippen LogP contribution in [0.5, 0.6) is 0 Å². The van der Waals surface area contributed by atoms with Crippen molar-refractivity contribution in [1.29, 1.82) is 0 Å². The van der Waals surface area contributed by atoms with E-state index >= 15 is 0 Å². The number of anilines is 1. The first-order chi connectivity index (χ1) is 9.26. The summed E-state index contributed by atoms with van der Waals surface area (Å²) in [6.45, 7) is 2.55. The molecule has 2 heterocycles. The summed E-state index contributed by atoms with van der Waals surface area (Å²) in [7, 11) is 0. The predicted molar refractivity (Wildman–Crippen MR) is 70.3 cm³/mol. The Morgan fingerprint density at radius 3 is 2.53 bits per heavy atom. The van der Waals surface area contributed by atoms with Crippen LogP contribution in [0.2, 0.25) is 0 Å². The van der Waals surface area contributed by atoms with Crippen molar-refractivity contribution in [3.63, 3.8) is 0 Å². The van der Waals surface area contributed by atoms with Crippen molar-refractivity contribution in [3.8, 4) is 0 Å². The molecular weight excluding hydrogens is 248 g/mol. The minimum Gasteiger partial charge on any atom is -0.395 e. The molecule has 0 radical (unpaired) electrons. The van der Waals surface area contributed by atoms with E-state index in [4.69, 9.17) is 15.9 Å². The maximum Gasteiger partial charge on any atom is 0.165 e. The SMILES string of the molecule is Nc1ncnc2c1ncn2CCN(CCO)CCO. The van der Waals surface area contributed by atoms with E-state index in [2.05, 4.69) is 15.0 Å². The van der Waals surface area contributed by atoms with Crippen LogP contribution in [-0.2, 0) is 6.54 Å². The van der Waals surface area contributed by atoms with E-state index in [9.17, 15) is 0 Å². The van der Waals surface area contributed by atoms with Gasteiger partial charge in [0.25, 0.3) is 0 Å². The minimum absolute atomic E-state index is 0.0692. The number of imidazole rings is 1. The van der Waals surface area contributed by atoms with E-state index in [1.165, 1.54) is 6.33 Å². The summed E-state index contributed by atoms with van der Waals surface area (Å²) in [5.74, 6) is 0.367. The van der Waals surface area contributed by atoms with Crippen LogP contribution in [0.4, 0.5) is 5.82 Å². The smallest absolute Gasteiger partial charge is 0.165 e. The van der Waals surface area contributed by atoms with Crippen LogP contribution >= 0.6 is 0 Å². The lowest BCUT2D eigenvalue weighted by atomic mass is 10.4. The van der Waals surface area contributed by atoms with Crippen LogP contribution in [0.1, 0.15) is 0 Å². The molecule has 104 valence electrons. The highest BCUT2D eigenvalue weighted by Gasteiger charge is 2.09. The van der Waals surface area contributed by atoms with Gasteiger partial charge in [0.15, 0.2) is 11.5 Å². The fraction of sp³-hybridized carbons (Fsp3) is 0.545. The fourth-order valence-corrected chi connectivity index (χ4v) is 1.93. The molecule has 4 N–H and O–H groups in total. The van der Waals surface area contributed by atoms with Gasteiger partial charge in [-0.25, -0.2) is 15.0 Å². The zero-order chi connectivity index (χ0) is 13.7. The first kappa shape index (κ1) is 13.7. The summed E-state index contributed by atoms with van der Waals surface area (Å²) >= 11 is 0. The quantitative estimate of drug-likeness (QED) is 0.570. The lowest BCUT2D eigenvalue weighted by Crippen LogP contribution is -2.32. The summed E-state index contributed by atoms with van der Waals surface area (Å²) in [5.41, 5.74) is 7.01. The zero-order valence-corrected chi connectivity index (χ0v) is 10.6. The van der Waals surface area contributed by atoms with Crippen molar-refractivity contribution in [2.75, 3.05) is 38.6 Å². The third-order valence-electron chi connectivity index (χ3n) is 2.92. The molecular formula is C11H18N6O2. The van der Waals surface area contributed by atoms with Gasteiger partial charge in [-0.3, -0.25) is 4.90 Å². The number of rotatable bonds is 7. The van der Waals surface area contributed by atoms with Crippen LogP contribution < -0.4 is 5.73 Å². The highest BCUT2D eigenvalue weighted by Crippen LogP contribution is 2.13. The van der Waals surface area contributed by atoms with E-state index in [1.807, 2.05) is 9.47 Å². The van der Waals surface area contributed by atoms with Gasteiger partial charge in [-0.1, -0.05) is 0 Å². The second-order valence-electron chi connectivity index (χ2n) is 4.16. The van der Waals surface area contributed by atoms with E-state index in [0.29, 0.717) is 43.2 Å². The van der Waals surface area contributed by atoms with Crippen molar-refractivity contribution in [1.82, 2.24) is 24.4 Å². The largest absolute Gasteiger partial charge is 0.395 e. The number of hydrogen-bond donors (Lipinski definition) is 3. The standard InChI is InChI=1S/C11H18N6O2/c12-10-9-11(14-7-13-10)17(8-15-9)2-1-16(3-5-18)4-6-19/h7-8,18-19H,1-6H2,(H2,12,13,14). The van der Waals surface area contributed by atoms with E-state index < -0.39 is 0 Å².